The smallest absolute Gasteiger partial charge is 0.339 e. The fourth-order valence-electron chi connectivity index (χ4n) is 2.00. The van der Waals surface area contributed by atoms with Crippen molar-refractivity contribution in [3.05, 3.63) is 16.4 Å². The lowest BCUT2D eigenvalue weighted by Crippen LogP contribution is -2.47. The monoisotopic (exact) mass is 346 g/mol. The number of hydrogen-bond donors (Lipinski definition) is 1. The van der Waals surface area contributed by atoms with Crippen LogP contribution in [0, 0.1) is 6.92 Å². The van der Waals surface area contributed by atoms with Crippen LogP contribution >= 0.6 is 24.0 Å². The number of alkyl halides is 3. The summed E-state index contributed by atoms with van der Waals surface area (Å²) >= 11 is 5.63. The summed E-state index contributed by atoms with van der Waals surface area (Å²) in [5.41, 5.74) is -1.01. The van der Waals surface area contributed by atoms with E-state index in [9.17, 15) is 18.0 Å². The Bertz CT molecular complexity index is 512. The lowest BCUT2D eigenvalue weighted by Gasteiger charge is -2.27. The van der Waals surface area contributed by atoms with Crippen molar-refractivity contribution in [2.45, 2.75) is 19.6 Å². The van der Waals surface area contributed by atoms with Crippen molar-refractivity contribution in [3.8, 4) is 0 Å². The maximum absolute atomic E-state index is 12.7. The van der Waals surface area contributed by atoms with E-state index in [-0.39, 0.29) is 30.6 Å². The second-order valence-corrected chi connectivity index (χ2v) is 4.91. The van der Waals surface area contributed by atoms with Crippen LogP contribution < -0.4 is 5.32 Å². The Morgan fingerprint density at radius 3 is 2.43 bits per heavy atom. The summed E-state index contributed by atoms with van der Waals surface area (Å²) in [5.74, 6) is -0.262. The topological polar surface area (TPSA) is 50.2 Å². The molecule has 0 spiro atoms. The third-order valence-electron chi connectivity index (χ3n) is 3.16. The number of halogens is 5. The van der Waals surface area contributed by atoms with Crippen molar-refractivity contribution in [1.82, 2.24) is 20.0 Å². The van der Waals surface area contributed by atoms with Gasteiger partial charge < -0.3 is 10.2 Å². The fraction of sp³-hybridized carbons (Fsp3) is 0.636. The number of nitrogens with zero attached hydrogens (tertiary/aromatic N) is 3. The molecule has 2 rings (SSSR count). The summed E-state index contributed by atoms with van der Waals surface area (Å²) in [6, 6.07) is 0. The molecule has 1 aliphatic heterocycles. The van der Waals surface area contributed by atoms with Crippen LogP contribution in [0.4, 0.5) is 13.2 Å². The number of aromatic nitrogens is 2. The minimum absolute atomic E-state index is 0. The van der Waals surface area contributed by atoms with Gasteiger partial charge in [-0.3, -0.25) is 9.48 Å². The van der Waals surface area contributed by atoms with E-state index >= 15 is 0 Å². The number of nitrogens with one attached hydrogen (secondary N) is 1. The van der Waals surface area contributed by atoms with Crippen LogP contribution in [0.3, 0.4) is 0 Å². The van der Waals surface area contributed by atoms with E-state index in [2.05, 4.69) is 10.4 Å². The molecule has 1 fully saturated rings. The molecule has 0 saturated carbocycles. The third-order valence-corrected chi connectivity index (χ3v) is 3.61. The predicted molar refractivity (Wildman–Crippen MR) is 73.7 cm³/mol. The van der Waals surface area contributed by atoms with Crippen LogP contribution in [0.1, 0.15) is 11.4 Å². The minimum Gasteiger partial charge on any atom is -0.339 e. The van der Waals surface area contributed by atoms with E-state index in [1.54, 1.807) is 4.90 Å². The average Bonchev–Trinajstić information content (AvgIpc) is 2.68. The highest BCUT2D eigenvalue weighted by Gasteiger charge is 2.38. The first-order valence-electron chi connectivity index (χ1n) is 6.09. The summed E-state index contributed by atoms with van der Waals surface area (Å²) in [6.07, 6.45) is -4.62. The van der Waals surface area contributed by atoms with Crippen molar-refractivity contribution in [3.63, 3.8) is 0 Å². The van der Waals surface area contributed by atoms with E-state index in [4.69, 9.17) is 11.6 Å². The first-order chi connectivity index (χ1) is 9.30. The Balaban J connectivity index is 0.00000220. The van der Waals surface area contributed by atoms with Crippen molar-refractivity contribution < 1.29 is 18.0 Å². The van der Waals surface area contributed by atoms with E-state index in [0.29, 0.717) is 26.2 Å². The maximum Gasteiger partial charge on any atom is 0.436 e. The van der Waals surface area contributed by atoms with E-state index in [0.717, 1.165) is 4.68 Å². The molecule has 0 unspecified atom stereocenters. The molecule has 0 aliphatic carbocycles. The number of carbonyl (C=O) groups is 1. The first kappa shape index (κ1) is 18.1. The normalized spacial score (nSPS) is 15.8. The Morgan fingerprint density at radius 2 is 1.95 bits per heavy atom. The molecular formula is C11H15Cl2F3N4O. The van der Waals surface area contributed by atoms with Gasteiger partial charge in [0, 0.05) is 26.2 Å². The van der Waals surface area contributed by atoms with Crippen LogP contribution in [0.5, 0.6) is 0 Å². The standard InChI is InChI=1S/C11H14ClF3N4O.ClH/c1-7-9(12)10(11(13,14)15)17-19(7)6-8(20)18-4-2-16-3-5-18;/h16H,2-6H2,1H3;1H. The highest BCUT2D eigenvalue weighted by molar-refractivity contribution is 6.32. The average molecular weight is 347 g/mol. The van der Waals surface area contributed by atoms with E-state index in [1.807, 2.05) is 0 Å². The number of piperazine rings is 1. The van der Waals surface area contributed by atoms with Gasteiger partial charge in [-0.2, -0.15) is 18.3 Å². The molecule has 2 heterocycles. The van der Waals surface area contributed by atoms with Crippen LogP contribution in [-0.2, 0) is 17.5 Å². The molecule has 120 valence electrons. The molecule has 0 atom stereocenters. The zero-order chi connectivity index (χ0) is 14.9. The molecule has 0 bridgehead atoms. The molecule has 1 aromatic heterocycles. The van der Waals surface area contributed by atoms with Crippen molar-refractivity contribution >= 4 is 29.9 Å². The largest absolute Gasteiger partial charge is 0.436 e. The zero-order valence-electron chi connectivity index (χ0n) is 11.2. The summed E-state index contributed by atoms with van der Waals surface area (Å²) in [5, 5.41) is 6.05. The summed E-state index contributed by atoms with van der Waals surface area (Å²) in [6.45, 7) is 3.62. The Morgan fingerprint density at radius 1 is 1.38 bits per heavy atom. The number of rotatable bonds is 2. The van der Waals surface area contributed by atoms with Crippen molar-refractivity contribution in [1.29, 1.82) is 0 Å². The Labute approximate surface area is 130 Å². The fourth-order valence-corrected chi connectivity index (χ4v) is 2.24. The predicted octanol–water partition coefficient (Wildman–Crippen LogP) is 1.72. The summed E-state index contributed by atoms with van der Waals surface area (Å²) in [4.78, 5) is 13.6. The molecule has 5 nitrogen and oxygen atoms in total. The quantitative estimate of drug-likeness (QED) is 0.886. The van der Waals surface area contributed by atoms with Gasteiger partial charge in [-0.05, 0) is 6.92 Å². The van der Waals surface area contributed by atoms with Gasteiger partial charge >= 0.3 is 6.18 Å². The number of amides is 1. The van der Waals surface area contributed by atoms with Crippen LogP contribution in [0.15, 0.2) is 0 Å². The lowest BCUT2D eigenvalue weighted by atomic mass is 10.3. The Hall–Kier alpha value is -0.990. The van der Waals surface area contributed by atoms with E-state index < -0.39 is 16.9 Å². The first-order valence-corrected chi connectivity index (χ1v) is 6.47. The van der Waals surface area contributed by atoms with Gasteiger partial charge in [-0.1, -0.05) is 11.6 Å². The lowest BCUT2D eigenvalue weighted by molar-refractivity contribution is -0.142. The van der Waals surface area contributed by atoms with E-state index in [1.165, 1.54) is 6.92 Å². The Kier molecular flexibility index (Phi) is 5.89. The third kappa shape index (κ3) is 4.02. The molecule has 1 N–H and O–H groups in total. The number of carbonyl (C=O) groups excluding carboxylic acids is 1. The molecule has 21 heavy (non-hydrogen) atoms. The van der Waals surface area contributed by atoms with Gasteiger partial charge in [0.05, 0.1) is 10.7 Å². The van der Waals surface area contributed by atoms with Crippen molar-refractivity contribution in [2.75, 3.05) is 26.2 Å². The van der Waals surface area contributed by atoms with Gasteiger partial charge in [0.1, 0.15) is 6.54 Å². The van der Waals surface area contributed by atoms with Gasteiger partial charge in [0.25, 0.3) is 0 Å². The molecule has 1 aromatic rings. The van der Waals surface area contributed by atoms with Crippen molar-refractivity contribution in [2.24, 2.45) is 0 Å². The highest BCUT2D eigenvalue weighted by atomic mass is 35.5. The molecule has 0 aromatic carbocycles. The minimum atomic E-state index is -4.62. The second kappa shape index (κ2) is 6.85. The van der Waals surface area contributed by atoms with Gasteiger partial charge in [0.2, 0.25) is 5.91 Å². The molecule has 10 heteroatoms. The molecule has 1 saturated heterocycles. The van der Waals surface area contributed by atoms with Gasteiger partial charge in [-0.15, -0.1) is 12.4 Å². The summed E-state index contributed by atoms with van der Waals surface area (Å²) in [7, 11) is 0. The van der Waals surface area contributed by atoms with Crippen LogP contribution in [0.25, 0.3) is 0 Å². The maximum atomic E-state index is 12.7. The molecule has 1 amide bonds. The highest BCUT2D eigenvalue weighted by Crippen LogP contribution is 2.35. The van der Waals surface area contributed by atoms with Gasteiger partial charge in [0.15, 0.2) is 5.69 Å². The van der Waals surface area contributed by atoms with Crippen LogP contribution in [-0.4, -0.2) is 46.8 Å². The zero-order valence-corrected chi connectivity index (χ0v) is 12.8. The van der Waals surface area contributed by atoms with Crippen LogP contribution in [0.2, 0.25) is 5.02 Å². The SMILES string of the molecule is Cc1c(Cl)c(C(F)(F)F)nn1CC(=O)N1CCNCC1.Cl. The number of hydrogen-bond acceptors (Lipinski definition) is 3. The second-order valence-electron chi connectivity index (χ2n) is 4.53. The molecule has 1 aliphatic rings. The molecule has 0 radical (unpaired) electrons. The molecular weight excluding hydrogens is 332 g/mol. The van der Waals surface area contributed by atoms with Gasteiger partial charge in [-0.25, -0.2) is 0 Å². The summed E-state index contributed by atoms with van der Waals surface area (Å²) < 4.78 is 39.0.